The molecule has 1 saturated carbocycles. The lowest BCUT2D eigenvalue weighted by molar-refractivity contribution is -0.117. The van der Waals surface area contributed by atoms with Gasteiger partial charge in [0.25, 0.3) is 0 Å². The summed E-state index contributed by atoms with van der Waals surface area (Å²) in [6.45, 7) is 9.23. The molecule has 0 unspecified atom stereocenters. The first-order chi connectivity index (χ1) is 10.4. The van der Waals surface area contributed by atoms with Gasteiger partial charge in [-0.2, -0.15) is 0 Å². The predicted octanol–water partition coefficient (Wildman–Crippen LogP) is 2.96. The Morgan fingerprint density at radius 1 is 0.773 bits per heavy atom. The van der Waals surface area contributed by atoms with Crippen molar-refractivity contribution < 1.29 is 9.59 Å². The molecule has 1 aliphatic carbocycles. The Morgan fingerprint density at radius 2 is 1.09 bits per heavy atom. The third kappa shape index (κ3) is 8.01. The van der Waals surface area contributed by atoms with Crippen molar-refractivity contribution in [3.05, 3.63) is 23.3 Å². The summed E-state index contributed by atoms with van der Waals surface area (Å²) in [5, 5.41) is 5.96. The van der Waals surface area contributed by atoms with Crippen LogP contribution in [0.5, 0.6) is 0 Å². The fraction of sp³-hybridized carbons (Fsp3) is 0.667. The number of hydrogen-bond donors (Lipinski definition) is 2. The van der Waals surface area contributed by atoms with Crippen molar-refractivity contribution >= 4 is 11.8 Å². The quantitative estimate of drug-likeness (QED) is 0.741. The third-order valence-corrected chi connectivity index (χ3v) is 3.94. The second-order valence-electron chi connectivity index (χ2n) is 6.82. The number of hydrogen-bond acceptors (Lipinski definition) is 2. The lowest BCUT2D eigenvalue weighted by Crippen LogP contribution is -2.33. The van der Waals surface area contributed by atoms with Crippen LogP contribution in [-0.2, 0) is 9.59 Å². The average Bonchev–Trinajstić information content (AvgIpc) is 2.42. The van der Waals surface area contributed by atoms with Gasteiger partial charge < -0.3 is 10.6 Å². The van der Waals surface area contributed by atoms with E-state index in [0.29, 0.717) is 11.8 Å². The van der Waals surface area contributed by atoms with Crippen LogP contribution >= 0.6 is 0 Å². The number of carbonyl (C=O) groups is 2. The molecule has 4 heteroatoms. The Labute approximate surface area is 134 Å². The van der Waals surface area contributed by atoms with E-state index in [1.165, 1.54) is 0 Å². The highest BCUT2D eigenvalue weighted by Crippen LogP contribution is 2.27. The summed E-state index contributed by atoms with van der Waals surface area (Å²) in [6, 6.07) is 0. The van der Waals surface area contributed by atoms with Crippen molar-refractivity contribution in [3.8, 4) is 0 Å². The minimum absolute atomic E-state index is 0.0103. The lowest BCUT2D eigenvalue weighted by atomic mass is 9.82. The zero-order valence-electron chi connectivity index (χ0n) is 14.4. The maximum Gasteiger partial charge on any atom is 0.243 e. The lowest BCUT2D eigenvalue weighted by Gasteiger charge is -2.28. The van der Waals surface area contributed by atoms with Gasteiger partial charge in [0.05, 0.1) is 0 Å². The Hall–Kier alpha value is -1.58. The Morgan fingerprint density at radius 3 is 1.36 bits per heavy atom. The Balaban J connectivity index is 2.21. The van der Waals surface area contributed by atoms with Crippen LogP contribution in [0.4, 0.5) is 0 Å². The van der Waals surface area contributed by atoms with E-state index in [-0.39, 0.29) is 11.8 Å². The van der Waals surface area contributed by atoms with E-state index < -0.39 is 0 Å². The van der Waals surface area contributed by atoms with Gasteiger partial charge in [-0.15, -0.1) is 0 Å². The van der Waals surface area contributed by atoms with Gasteiger partial charge in [0.15, 0.2) is 0 Å². The summed E-state index contributed by atoms with van der Waals surface area (Å²) < 4.78 is 0. The maximum atomic E-state index is 11.6. The van der Waals surface area contributed by atoms with E-state index in [1.807, 2.05) is 27.7 Å². The molecule has 1 rings (SSSR count). The summed E-state index contributed by atoms with van der Waals surface area (Å²) >= 11 is 0. The number of allylic oxidation sites excluding steroid dienone is 2. The van der Waals surface area contributed by atoms with Crippen LogP contribution in [0.15, 0.2) is 23.3 Å². The number of rotatable bonds is 6. The van der Waals surface area contributed by atoms with Gasteiger partial charge in [0.2, 0.25) is 11.8 Å². The molecule has 0 saturated heterocycles. The fourth-order valence-corrected chi connectivity index (χ4v) is 2.76. The molecule has 1 aliphatic rings. The number of amides is 2. The first-order valence-electron chi connectivity index (χ1n) is 8.22. The molecule has 124 valence electrons. The van der Waals surface area contributed by atoms with Crippen molar-refractivity contribution in [3.63, 3.8) is 0 Å². The summed E-state index contributed by atoms with van der Waals surface area (Å²) in [7, 11) is 0. The smallest absolute Gasteiger partial charge is 0.243 e. The molecule has 0 bridgehead atoms. The summed E-state index contributed by atoms with van der Waals surface area (Å²) in [5.74, 6) is 1.16. The van der Waals surface area contributed by atoms with E-state index in [2.05, 4.69) is 10.6 Å². The van der Waals surface area contributed by atoms with E-state index in [1.54, 1.807) is 12.2 Å². The summed E-state index contributed by atoms with van der Waals surface area (Å²) in [6.07, 6.45) is 7.78. The highest BCUT2D eigenvalue weighted by molar-refractivity contribution is 5.88. The van der Waals surface area contributed by atoms with Gasteiger partial charge in [-0.25, -0.2) is 0 Å². The third-order valence-electron chi connectivity index (χ3n) is 3.94. The van der Waals surface area contributed by atoms with Crippen LogP contribution in [0.3, 0.4) is 0 Å². The molecule has 1 fully saturated rings. The highest BCUT2D eigenvalue weighted by Gasteiger charge is 2.21. The summed E-state index contributed by atoms with van der Waals surface area (Å²) in [5.41, 5.74) is 2.04. The molecule has 0 radical (unpaired) electrons. The normalized spacial score (nSPS) is 20.7. The molecule has 0 atom stereocenters. The van der Waals surface area contributed by atoms with E-state index in [0.717, 1.165) is 49.9 Å². The van der Waals surface area contributed by atoms with E-state index >= 15 is 0 Å². The molecule has 0 aliphatic heterocycles. The highest BCUT2D eigenvalue weighted by atomic mass is 16.2. The number of carbonyl (C=O) groups excluding carboxylic acids is 2. The molecular formula is C18H30N2O2. The fourth-order valence-electron chi connectivity index (χ4n) is 2.76. The van der Waals surface area contributed by atoms with Gasteiger partial charge in [-0.1, -0.05) is 11.1 Å². The first-order valence-corrected chi connectivity index (χ1v) is 8.22. The summed E-state index contributed by atoms with van der Waals surface area (Å²) in [4.78, 5) is 23.2. The molecule has 2 N–H and O–H groups in total. The van der Waals surface area contributed by atoms with Crippen LogP contribution in [-0.4, -0.2) is 24.9 Å². The molecule has 0 spiro atoms. The van der Waals surface area contributed by atoms with Crippen molar-refractivity contribution in [2.24, 2.45) is 11.8 Å². The number of nitrogens with one attached hydrogen (secondary N) is 2. The SMILES string of the molecule is CC(C)=CC(=O)NCC1CCC(CNC(=O)C=C(C)C)CC1. The minimum Gasteiger partial charge on any atom is -0.352 e. The maximum absolute atomic E-state index is 11.6. The zero-order valence-corrected chi connectivity index (χ0v) is 14.4. The standard InChI is InChI=1S/C18H30N2O2/c1-13(2)9-17(21)19-11-15-5-7-16(8-6-15)12-20-18(22)10-14(3)4/h9-10,15-16H,5-8,11-12H2,1-4H3,(H,19,21)(H,20,22). The van der Waals surface area contributed by atoms with Gasteiger partial charge in [0.1, 0.15) is 0 Å². The van der Waals surface area contributed by atoms with Crippen LogP contribution in [0.2, 0.25) is 0 Å². The monoisotopic (exact) mass is 306 g/mol. The Kier molecular flexibility index (Phi) is 7.92. The molecule has 2 amide bonds. The van der Waals surface area contributed by atoms with Gasteiger partial charge in [-0.3, -0.25) is 9.59 Å². The van der Waals surface area contributed by atoms with Gasteiger partial charge >= 0.3 is 0 Å². The molecule has 4 nitrogen and oxygen atoms in total. The topological polar surface area (TPSA) is 58.2 Å². The first kappa shape index (κ1) is 18.5. The second-order valence-corrected chi connectivity index (χ2v) is 6.82. The average molecular weight is 306 g/mol. The molecular weight excluding hydrogens is 276 g/mol. The van der Waals surface area contributed by atoms with Crippen molar-refractivity contribution in [2.75, 3.05) is 13.1 Å². The van der Waals surface area contributed by atoms with Crippen LogP contribution in [0.1, 0.15) is 53.4 Å². The molecule has 0 heterocycles. The van der Waals surface area contributed by atoms with Crippen molar-refractivity contribution in [1.29, 1.82) is 0 Å². The van der Waals surface area contributed by atoms with Gasteiger partial charge in [0, 0.05) is 25.2 Å². The zero-order chi connectivity index (χ0) is 16.5. The van der Waals surface area contributed by atoms with E-state index in [9.17, 15) is 9.59 Å². The largest absolute Gasteiger partial charge is 0.352 e. The molecule has 22 heavy (non-hydrogen) atoms. The van der Waals surface area contributed by atoms with Crippen molar-refractivity contribution in [2.45, 2.75) is 53.4 Å². The molecule has 0 aromatic heterocycles. The van der Waals surface area contributed by atoms with Crippen LogP contribution in [0, 0.1) is 11.8 Å². The van der Waals surface area contributed by atoms with Crippen molar-refractivity contribution in [1.82, 2.24) is 10.6 Å². The van der Waals surface area contributed by atoms with Crippen LogP contribution in [0.25, 0.3) is 0 Å². The Bertz CT molecular complexity index is 394. The minimum atomic E-state index is 0.0103. The van der Waals surface area contributed by atoms with E-state index in [4.69, 9.17) is 0 Å². The molecule has 0 aromatic rings. The molecule has 0 aromatic carbocycles. The van der Waals surface area contributed by atoms with Gasteiger partial charge in [-0.05, 0) is 65.2 Å². The van der Waals surface area contributed by atoms with Crippen LogP contribution < -0.4 is 10.6 Å². The second kappa shape index (κ2) is 9.44. The predicted molar refractivity (Wildman–Crippen MR) is 90.3 cm³/mol.